The molecule has 1 saturated heterocycles. The molecule has 2 fully saturated rings. The van der Waals surface area contributed by atoms with Crippen molar-refractivity contribution in [3.05, 3.63) is 42.0 Å². The number of aliphatic hydroxyl groups is 1. The lowest BCUT2D eigenvalue weighted by Gasteiger charge is -2.38. The van der Waals surface area contributed by atoms with Crippen LogP contribution in [0.3, 0.4) is 0 Å². The second-order valence-electron chi connectivity index (χ2n) is 8.22. The van der Waals surface area contributed by atoms with E-state index in [0.717, 1.165) is 41.3 Å². The first-order valence-corrected chi connectivity index (χ1v) is 10.9. The molecule has 0 radical (unpaired) electrons. The normalized spacial score (nSPS) is 32.4. The van der Waals surface area contributed by atoms with Gasteiger partial charge >= 0.3 is 0 Å². The Balaban J connectivity index is 1.36. The topological polar surface area (TPSA) is 87.0 Å². The van der Waals surface area contributed by atoms with Crippen LogP contribution in [-0.4, -0.2) is 54.2 Å². The van der Waals surface area contributed by atoms with E-state index in [-0.39, 0.29) is 17.9 Å². The molecule has 4 unspecified atom stereocenters. The molecule has 2 aromatic rings. The number of aryl methyl sites for hydroxylation is 1. The summed E-state index contributed by atoms with van der Waals surface area (Å²) < 4.78 is 1.76. The molecular formula is C20H25N5O2S. The maximum absolute atomic E-state index is 13.4. The zero-order valence-corrected chi connectivity index (χ0v) is 16.7. The van der Waals surface area contributed by atoms with E-state index in [1.807, 2.05) is 19.3 Å². The van der Waals surface area contributed by atoms with Gasteiger partial charge in [0.05, 0.1) is 17.8 Å². The summed E-state index contributed by atoms with van der Waals surface area (Å²) in [6, 6.07) is 2.01. The highest BCUT2D eigenvalue weighted by molar-refractivity contribution is 8.08. The van der Waals surface area contributed by atoms with Crippen LogP contribution >= 0.6 is 11.8 Å². The van der Waals surface area contributed by atoms with Gasteiger partial charge in [-0.2, -0.15) is 10.2 Å². The summed E-state index contributed by atoms with van der Waals surface area (Å²) in [5, 5.41) is 22.4. The van der Waals surface area contributed by atoms with Crippen molar-refractivity contribution in [2.75, 3.05) is 12.3 Å². The highest BCUT2D eigenvalue weighted by atomic mass is 32.2. The van der Waals surface area contributed by atoms with Gasteiger partial charge < -0.3 is 10.0 Å². The number of nitrogens with one attached hydrogen (secondary N) is 1. The number of fused-ring (bicyclic) bond motifs is 1. The zero-order valence-electron chi connectivity index (χ0n) is 15.9. The Morgan fingerprint density at radius 2 is 2.32 bits per heavy atom. The van der Waals surface area contributed by atoms with Gasteiger partial charge in [-0.1, -0.05) is 6.08 Å². The van der Waals surface area contributed by atoms with E-state index < -0.39 is 5.60 Å². The monoisotopic (exact) mass is 399 g/mol. The van der Waals surface area contributed by atoms with Gasteiger partial charge in [-0.25, -0.2) is 0 Å². The molecule has 4 atom stereocenters. The Morgan fingerprint density at radius 3 is 3.07 bits per heavy atom. The van der Waals surface area contributed by atoms with Crippen LogP contribution in [0.4, 0.5) is 0 Å². The molecule has 2 aliphatic heterocycles. The fraction of sp³-hybridized carbons (Fsp3) is 0.550. The Hall–Kier alpha value is -2.06. The molecule has 8 heteroatoms. The molecule has 2 N–H and O–H groups in total. The third kappa shape index (κ3) is 2.90. The lowest BCUT2D eigenvalue weighted by Crippen LogP contribution is -2.48. The molecule has 1 saturated carbocycles. The summed E-state index contributed by atoms with van der Waals surface area (Å²) in [4.78, 5) is 16.5. The van der Waals surface area contributed by atoms with E-state index in [0.29, 0.717) is 18.8 Å². The highest BCUT2D eigenvalue weighted by Gasteiger charge is 2.51. The van der Waals surface area contributed by atoms with Crippen molar-refractivity contribution in [2.45, 2.75) is 37.3 Å². The summed E-state index contributed by atoms with van der Waals surface area (Å²) in [6.45, 7) is 0.789. The van der Waals surface area contributed by atoms with Gasteiger partial charge in [0.15, 0.2) is 0 Å². The standard InChI is InChI=1S/C20H25N5O2S/c1-24-18(4-5-23-24)20(27)8-13-3-2-6-25(16(13)9-20)19(26)14-7-17(28-12-14)15-10-21-22-11-15/h4-5,7,10-11,13-14,16,27H,2-3,6,8-9,12H2,1H3,(H,21,22). The fourth-order valence-electron chi connectivity index (χ4n) is 5.21. The van der Waals surface area contributed by atoms with E-state index in [1.165, 1.54) is 0 Å². The van der Waals surface area contributed by atoms with Crippen molar-refractivity contribution in [1.82, 2.24) is 24.9 Å². The van der Waals surface area contributed by atoms with Crippen LogP contribution in [0, 0.1) is 11.8 Å². The molecule has 7 nitrogen and oxygen atoms in total. The van der Waals surface area contributed by atoms with E-state index in [1.54, 1.807) is 28.8 Å². The minimum Gasteiger partial charge on any atom is -0.383 e. The summed E-state index contributed by atoms with van der Waals surface area (Å²) in [7, 11) is 1.87. The van der Waals surface area contributed by atoms with E-state index in [9.17, 15) is 9.90 Å². The number of piperidine rings is 1. The number of rotatable bonds is 3. The number of aromatic amines is 1. The quantitative estimate of drug-likeness (QED) is 0.826. The zero-order chi connectivity index (χ0) is 19.3. The van der Waals surface area contributed by atoms with Gasteiger partial charge in [0.2, 0.25) is 5.91 Å². The summed E-state index contributed by atoms with van der Waals surface area (Å²) in [6.07, 6.45) is 10.9. The van der Waals surface area contributed by atoms with Crippen molar-refractivity contribution in [3.63, 3.8) is 0 Å². The van der Waals surface area contributed by atoms with Gasteiger partial charge in [0.25, 0.3) is 0 Å². The Morgan fingerprint density at radius 1 is 1.43 bits per heavy atom. The maximum Gasteiger partial charge on any atom is 0.230 e. The molecule has 0 bridgehead atoms. The fourth-order valence-corrected chi connectivity index (χ4v) is 6.34. The molecule has 28 heavy (non-hydrogen) atoms. The second kappa shape index (κ2) is 6.77. The molecule has 3 aliphatic rings. The molecule has 1 amide bonds. The third-order valence-corrected chi connectivity index (χ3v) is 7.73. The van der Waals surface area contributed by atoms with E-state index in [4.69, 9.17) is 0 Å². The minimum absolute atomic E-state index is 0.0981. The molecule has 4 heterocycles. The van der Waals surface area contributed by atoms with Gasteiger partial charge in [0.1, 0.15) is 5.60 Å². The van der Waals surface area contributed by atoms with Crippen LogP contribution in [0.25, 0.3) is 4.91 Å². The molecule has 2 aromatic heterocycles. The molecule has 0 spiro atoms. The summed E-state index contributed by atoms with van der Waals surface area (Å²) in [5.74, 6) is 1.23. The van der Waals surface area contributed by atoms with Gasteiger partial charge in [-0.05, 0) is 31.2 Å². The van der Waals surface area contributed by atoms with Crippen molar-refractivity contribution in [1.29, 1.82) is 0 Å². The highest BCUT2D eigenvalue weighted by Crippen LogP contribution is 2.48. The third-order valence-electron chi connectivity index (χ3n) is 6.52. The van der Waals surface area contributed by atoms with Crippen LogP contribution in [0.5, 0.6) is 0 Å². The average Bonchev–Trinajstić information content (AvgIpc) is 3.45. The Bertz CT molecular complexity index is 908. The number of nitrogens with zero attached hydrogens (tertiary/aromatic N) is 4. The van der Waals surface area contributed by atoms with E-state index in [2.05, 4.69) is 26.3 Å². The Kier molecular flexibility index (Phi) is 4.35. The van der Waals surface area contributed by atoms with Crippen LogP contribution in [0.2, 0.25) is 0 Å². The van der Waals surface area contributed by atoms with Crippen LogP contribution in [0.15, 0.2) is 30.7 Å². The lowest BCUT2D eigenvalue weighted by atomic mass is 9.90. The van der Waals surface area contributed by atoms with Gasteiger partial charge in [-0.3, -0.25) is 14.6 Å². The van der Waals surface area contributed by atoms with Crippen molar-refractivity contribution in [3.8, 4) is 0 Å². The van der Waals surface area contributed by atoms with Crippen LogP contribution in [-0.2, 0) is 17.4 Å². The first-order chi connectivity index (χ1) is 13.5. The number of hydrogen-bond acceptors (Lipinski definition) is 5. The van der Waals surface area contributed by atoms with Crippen LogP contribution < -0.4 is 0 Å². The number of amides is 1. The minimum atomic E-state index is -0.897. The Labute approximate surface area is 168 Å². The number of carbonyl (C=O) groups excluding carboxylic acids is 1. The molecular weight excluding hydrogens is 374 g/mol. The van der Waals surface area contributed by atoms with Crippen LogP contribution in [0.1, 0.15) is 36.9 Å². The van der Waals surface area contributed by atoms with Gasteiger partial charge in [0, 0.05) is 54.7 Å². The van der Waals surface area contributed by atoms with Crippen molar-refractivity contribution >= 4 is 22.6 Å². The molecule has 148 valence electrons. The first-order valence-electron chi connectivity index (χ1n) is 9.90. The lowest BCUT2D eigenvalue weighted by molar-refractivity contribution is -0.138. The predicted molar refractivity (Wildman–Crippen MR) is 107 cm³/mol. The largest absolute Gasteiger partial charge is 0.383 e. The molecule has 1 aliphatic carbocycles. The number of likely N-dealkylation sites (tertiary alicyclic amines) is 1. The molecule has 0 aromatic carbocycles. The van der Waals surface area contributed by atoms with Crippen molar-refractivity contribution < 1.29 is 9.90 Å². The first kappa shape index (κ1) is 18.0. The van der Waals surface area contributed by atoms with Crippen molar-refractivity contribution in [2.24, 2.45) is 18.9 Å². The summed E-state index contributed by atoms with van der Waals surface area (Å²) in [5.41, 5.74) is 1.00. The number of H-pyrrole nitrogens is 1. The summed E-state index contributed by atoms with van der Waals surface area (Å²) >= 11 is 1.72. The smallest absolute Gasteiger partial charge is 0.230 e. The number of carbonyl (C=O) groups is 1. The number of thioether (sulfide) groups is 1. The predicted octanol–water partition coefficient (Wildman–Crippen LogP) is 2.14. The maximum atomic E-state index is 13.4. The number of aromatic nitrogens is 4. The molecule has 5 rings (SSSR count). The second-order valence-corrected chi connectivity index (χ2v) is 9.28. The average molecular weight is 400 g/mol. The van der Waals surface area contributed by atoms with Gasteiger partial charge in [-0.15, -0.1) is 11.8 Å². The van der Waals surface area contributed by atoms with E-state index >= 15 is 0 Å². The SMILES string of the molecule is Cn1nccc1C1(O)CC2CCCN(C(=O)C3C=C(c4cn[nH]c4)SC3)C2C1. The number of hydrogen-bond donors (Lipinski definition) is 2.